The van der Waals surface area contributed by atoms with E-state index >= 15 is 0 Å². The monoisotopic (exact) mass is 600 g/mol. The molecule has 0 amide bonds. The van der Waals surface area contributed by atoms with E-state index < -0.39 is 50.9 Å². The molecule has 0 spiro atoms. The number of fused-ring (bicyclic) bond motifs is 1. The van der Waals surface area contributed by atoms with Gasteiger partial charge in [0, 0.05) is 18.1 Å². The average molecular weight is 601 g/mol. The van der Waals surface area contributed by atoms with Crippen LogP contribution >= 0.6 is 0 Å². The largest absolute Gasteiger partial charge is 0.461 e. The van der Waals surface area contributed by atoms with Crippen LogP contribution in [0.5, 0.6) is 5.75 Å². The maximum atomic E-state index is 13.8. The minimum absolute atomic E-state index is 0.00727. The van der Waals surface area contributed by atoms with Crippen molar-refractivity contribution >= 4 is 26.7 Å². The smallest absolute Gasteiger partial charge is 0.428 e. The molecule has 0 aliphatic carbocycles. The Kier molecular flexibility index (Phi) is 7.93. The second kappa shape index (κ2) is 10.6. The van der Waals surface area contributed by atoms with Gasteiger partial charge in [-0.25, -0.2) is 13.2 Å². The van der Waals surface area contributed by atoms with Gasteiger partial charge in [-0.1, -0.05) is 13.0 Å². The molecular formula is C28H32F4N2O6S. The number of carbonyl (C=O) groups excluding carboxylic acids is 1. The highest BCUT2D eigenvalue weighted by Gasteiger charge is 2.44. The van der Waals surface area contributed by atoms with Gasteiger partial charge in [-0.05, 0) is 69.4 Å². The number of ketones is 1. The summed E-state index contributed by atoms with van der Waals surface area (Å²) in [6.45, 7) is 6.47. The first-order valence-corrected chi connectivity index (χ1v) is 14.8. The lowest BCUT2D eigenvalue weighted by molar-refractivity contribution is -0.253. The zero-order valence-corrected chi connectivity index (χ0v) is 23.9. The molecule has 1 saturated heterocycles. The van der Waals surface area contributed by atoms with Crippen LogP contribution in [0.3, 0.4) is 0 Å². The summed E-state index contributed by atoms with van der Waals surface area (Å²) in [5.74, 6) is -0.827. The van der Waals surface area contributed by atoms with Gasteiger partial charge in [-0.15, -0.1) is 0 Å². The molecule has 1 fully saturated rings. The summed E-state index contributed by atoms with van der Waals surface area (Å²) in [7, 11) is -3.12. The number of nitrogens with zero attached hydrogens (tertiary/aromatic N) is 2. The number of sulfone groups is 1. The van der Waals surface area contributed by atoms with Crippen LogP contribution in [0.4, 0.5) is 17.6 Å². The fourth-order valence-electron chi connectivity index (χ4n) is 4.92. The molecule has 1 unspecified atom stereocenters. The van der Waals surface area contributed by atoms with Crippen LogP contribution in [0, 0.1) is 5.41 Å². The Bertz CT molecular complexity index is 1630. The van der Waals surface area contributed by atoms with E-state index in [9.17, 15) is 40.7 Å². The van der Waals surface area contributed by atoms with Crippen molar-refractivity contribution in [3.8, 4) is 11.4 Å². The van der Waals surface area contributed by atoms with Crippen LogP contribution in [0.15, 0.2) is 47.3 Å². The van der Waals surface area contributed by atoms with Crippen LogP contribution in [-0.2, 0) is 9.84 Å². The number of ether oxygens (including phenoxy) is 1. The molecule has 1 aromatic heterocycles. The number of rotatable bonds is 9. The lowest BCUT2D eigenvalue weighted by Gasteiger charge is -2.32. The van der Waals surface area contributed by atoms with Crippen molar-refractivity contribution in [2.24, 2.45) is 5.41 Å². The number of carbonyl (C=O) groups is 1. The van der Waals surface area contributed by atoms with E-state index in [1.54, 1.807) is 6.92 Å². The zero-order chi connectivity index (χ0) is 30.5. The number of aliphatic hydroxyl groups is 1. The van der Waals surface area contributed by atoms with Gasteiger partial charge in [0.25, 0.3) is 0 Å². The highest BCUT2D eigenvalue weighted by Crippen LogP contribution is 2.37. The van der Waals surface area contributed by atoms with Crippen molar-refractivity contribution in [3.63, 3.8) is 0 Å². The summed E-state index contributed by atoms with van der Waals surface area (Å²) in [5, 5.41) is 10.7. The number of halogens is 4. The van der Waals surface area contributed by atoms with Gasteiger partial charge >= 0.3 is 18.2 Å². The predicted octanol–water partition coefficient (Wildman–Crippen LogP) is 5.15. The summed E-state index contributed by atoms with van der Waals surface area (Å²) in [5.41, 5.74) is -1.71. The van der Waals surface area contributed by atoms with Gasteiger partial charge in [-0.2, -0.15) is 17.6 Å². The number of hydrogen-bond donors (Lipinski definition) is 1. The zero-order valence-electron chi connectivity index (χ0n) is 23.0. The van der Waals surface area contributed by atoms with Crippen molar-refractivity contribution in [3.05, 3.63) is 58.5 Å². The number of alkyl halides is 4. The van der Waals surface area contributed by atoms with Gasteiger partial charge in [0.1, 0.15) is 15.6 Å². The fraction of sp³-hybridized carbons (Fsp3) is 0.500. The normalized spacial score (nSPS) is 18.0. The second-order valence-electron chi connectivity index (χ2n) is 11.5. The molecule has 3 aromatic rings. The first kappa shape index (κ1) is 30.8. The number of benzene rings is 2. The molecular weight excluding hydrogens is 568 g/mol. The van der Waals surface area contributed by atoms with E-state index in [-0.39, 0.29) is 46.0 Å². The van der Waals surface area contributed by atoms with E-state index in [0.29, 0.717) is 12.8 Å². The van der Waals surface area contributed by atoms with Crippen molar-refractivity contribution in [2.75, 3.05) is 11.5 Å². The van der Waals surface area contributed by atoms with Crippen molar-refractivity contribution in [2.45, 2.75) is 71.1 Å². The Labute approximate surface area is 234 Å². The molecule has 0 radical (unpaired) electrons. The Hall–Kier alpha value is -3.19. The molecule has 0 bridgehead atoms. The average Bonchev–Trinajstić information content (AvgIpc) is 3.15. The predicted molar refractivity (Wildman–Crippen MR) is 145 cm³/mol. The second-order valence-corrected chi connectivity index (χ2v) is 13.8. The Morgan fingerprint density at radius 2 is 1.73 bits per heavy atom. The van der Waals surface area contributed by atoms with Crippen molar-refractivity contribution in [1.29, 1.82) is 0 Å². The van der Waals surface area contributed by atoms with E-state index in [2.05, 4.69) is 4.74 Å². The Morgan fingerprint density at radius 3 is 2.32 bits per heavy atom. The fourth-order valence-corrected chi connectivity index (χ4v) is 6.73. The van der Waals surface area contributed by atoms with E-state index in [0.717, 1.165) is 16.7 Å². The van der Waals surface area contributed by atoms with Gasteiger partial charge in [0.05, 0.1) is 39.9 Å². The quantitative estimate of drug-likeness (QED) is 0.269. The summed E-state index contributed by atoms with van der Waals surface area (Å²) < 4.78 is 82.9. The number of imidazole rings is 1. The van der Waals surface area contributed by atoms with Crippen LogP contribution in [0.25, 0.3) is 16.7 Å². The van der Waals surface area contributed by atoms with Crippen molar-refractivity contribution in [1.82, 2.24) is 9.13 Å². The maximum Gasteiger partial charge on any atom is 0.461 e. The minimum Gasteiger partial charge on any atom is -0.428 e. The topological polar surface area (TPSA) is 108 Å². The van der Waals surface area contributed by atoms with Gasteiger partial charge in [-0.3, -0.25) is 13.9 Å². The molecule has 2 aromatic carbocycles. The van der Waals surface area contributed by atoms with Crippen LogP contribution < -0.4 is 10.4 Å². The van der Waals surface area contributed by atoms with Crippen LogP contribution in [-0.4, -0.2) is 58.1 Å². The van der Waals surface area contributed by atoms with Gasteiger partial charge in [0.2, 0.25) is 0 Å². The van der Waals surface area contributed by atoms with Gasteiger partial charge < -0.3 is 9.84 Å². The highest BCUT2D eigenvalue weighted by molar-refractivity contribution is 7.91. The highest BCUT2D eigenvalue weighted by atomic mass is 32.2. The van der Waals surface area contributed by atoms with E-state index in [1.165, 1.54) is 48.7 Å². The summed E-state index contributed by atoms with van der Waals surface area (Å²) in [4.78, 5) is 27.1. The first-order valence-electron chi connectivity index (χ1n) is 13.0. The molecule has 4 rings (SSSR count). The van der Waals surface area contributed by atoms with Crippen LogP contribution in [0.1, 0.15) is 63.4 Å². The van der Waals surface area contributed by atoms with E-state index in [1.807, 2.05) is 6.92 Å². The maximum absolute atomic E-state index is 13.8. The third-order valence-electron chi connectivity index (χ3n) is 7.81. The molecule has 224 valence electrons. The standard InChI is InChI=1S/C28H32F4N2O6S/c1-17(26(2,3)37)33-22-14-18(23(35)16-27(4)10-12-41(38,39)13-11-27)8-9-21(22)34(25(33)36)19-6-5-7-20(15-19)40-28(31,32)24(29)30/h5-9,14-15,17,24,37H,10-13,16H2,1-4H3. The molecule has 41 heavy (non-hydrogen) atoms. The number of Topliss-reactive ketones (excluding diaryl/α,β-unsaturated/α-hetero) is 1. The van der Waals surface area contributed by atoms with Crippen LogP contribution in [0.2, 0.25) is 0 Å². The summed E-state index contributed by atoms with van der Waals surface area (Å²) in [6.07, 6.45) is -8.02. The SMILES string of the molecule is CC(n1c(=O)n(-c2cccc(OC(F)(F)C(F)F)c2)c2ccc(C(=O)CC3(C)CCS(=O)(=O)CC3)cc21)C(C)(C)O. The Balaban J connectivity index is 1.80. The summed E-state index contributed by atoms with van der Waals surface area (Å²) in [6, 6.07) is 8.46. The first-order chi connectivity index (χ1) is 18.8. The third kappa shape index (κ3) is 6.35. The molecule has 13 heteroatoms. The van der Waals surface area contributed by atoms with Gasteiger partial charge in [0.15, 0.2) is 5.78 Å². The van der Waals surface area contributed by atoms with E-state index in [4.69, 9.17) is 0 Å². The summed E-state index contributed by atoms with van der Waals surface area (Å²) >= 11 is 0. The van der Waals surface area contributed by atoms with Crippen molar-refractivity contribution < 1.29 is 40.6 Å². The third-order valence-corrected chi connectivity index (χ3v) is 9.46. The molecule has 2 heterocycles. The molecule has 1 N–H and O–H groups in total. The number of hydrogen-bond acceptors (Lipinski definition) is 6. The minimum atomic E-state index is -4.75. The Morgan fingerprint density at radius 1 is 1.10 bits per heavy atom. The lowest BCUT2D eigenvalue weighted by Crippen LogP contribution is -2.37. The molecule has 0 saturated carbocycles. The molecule has 1 aliphatic heterocycles. The molecule has 1 aliphatic rings. The number of aromatic nitrogens is 2. The lowest BCUT2D eigenvalue weighted by atomic mass is 9.78. The molecule has 8 nitrogen and oxygen atoms in total. The molecule has 1 atom stereocenters.